The molecule has 0 aliphatic rings. The highest BCUT2D eigenvalue weighted by molar-refractivity contribution is 6.00. The molecule has 0 saturated carbocycles. The van der Waals surface area contributed by atoms with Crippen LogP contribution in [0.1, 0.15) is 29.8 Å². The van der Waals surface area contributed by atoms with Gasteiger partial charge in [-0.3, -0.25) is 4.79 Å². The zero-order valence-electron chi connectivity index (χ0n) is 14.3. The van der Waals surface area contributed by atoms with Crippen LogP contribution in [0.25, 0.3) is 10.8 Å². The van der Waals surface area contributed by atoms with Gasteiger partial charge in [0.2, 0.25) is 0 Å². The van der Waals surface area contributed by atoms with Gasteiger partial charge in [0, 0.05) is 11.1 Å². The minimum absolute atomic E-state index is 0.102. The Morgan fingerprint density at radius 3 is 2.48 bits per heavy atom. The number of ether oxygens (including phenoxy) is 1. The number of hydrazone groups is 1. The molecule has 0 heterocycles. The second kappa shape index (κ2) is 7.62. The Hall–Kier alpha value is -3.14. The first-order chi connectivity index (χ1) is 12.1. The molecule has 0 aliphatic heterocycles. The molecule has 0 aromatic heterocycles. The first-order valence-electron chi connectivity index (χ1n) is 8.21. The summed E-state index contributed by atoms with van der Waals surface area (Å²) in [5, 5.41) is 6.32. The number of amides is 1. The van der Waals surface area contributed by atoms with E-state index in [4.69, 9.17) is 4.74 Å². The smallest absolute Gasteiger partial charge is 0.271 e. The predicted molar refractivity (Wildman–Crippen MR) is 101 cm³/mol. The van der Waals surface area contributed by atoms with Crippen LogP contribution in [0.15, 0.2) is 71.8 Å². The van der Waals surface area contributed by atoms with E-state index in [1.54, 1.807) is 30.5 Å². The monoisotopic (exact) mass is 332 g/mol. The van der Waals surface area contributed by atoms with Gasteiger partial charge in [0.15, 0.2) is 0 Å². The van der Waals surface area contributed by atoms with Crippen molar-refractivity contribution in [1.29, 1.82) is 0 Å². The van der Waals surface area contributed by atoms with Gasteiger partial charge in [-0.2, -0.15) is 5.10 Å². The maximum absolute atomic E-state index is 12.2. The molecule has 3 rings (SSSR count). The third-order valence-corrected chi connectivity index (χ3v) is 3.68. The minimum atomic E-state index is -0.257. The van der Waals surface area contributed by atoms with Crippen LogP contribution in [-0.2, 0) is 0 Å². The van der Waals surface area contributed by atoms with Crippen LogP contribution in [0.5, 0.6) is 5.75 Å². The zero-order valence-corrected chi connectivity index (χ0v) is 14.3. The Morgan fingerprint density at radius 1 is 1.00 bits per heavy atom. The van der Waals surface area contributed by atoms with Crippen molar-refractivity contribution in [3.05, 3.63) is 77.9 Å². The van der Waals surface area contributed by atoms with Crippen LogP contribution >= 0.6 is 0 Å². The summed E-state index contributed by atoms with van der Waals surface area (Å²) in [6.45, 7) is 3.92. The van der Waals surface area contributed by atoms with Crippen molar-refractivity contribution < 1.29 is 9.53 Å². The summed E-state index contributed by atoms with van der Waals surface area (Å²) in [7, 11) is 0. The van der Waals surface area contributed by atoms with E-state index in [1.807, 2.05) is 56.3 Å². The molecule has 25 heavy (non-hydrogen) atoms. The molecule has 4 heteroatoms. The number of nitrogens with one attached hydrogen (secondary N) is 1. The van der Waals surface area contributed by atoms with Gasteiger partial charge >= 0.3 is 0 Å². The molecular formula is C21H20N2O2. The molecule has 3 aromatic carbocycles. The number of nitrogens with zero attached hydrogens (tertiary/aromatic N) is 1. The molecule has 1 N–H and O–H groups in total. The average molecular weight is 332 g/mol. The number of carbonyl (C=O) groups excluding carboxylic acids is 1. The van der Waals surface area contributed by atoms with E-state index in [9.17, 15) is 4.79 Å². The van der Waals surface area contributed by atoms with Gasteiger partial charge in [0.1, 0.15) is 5.75 Å². The van der Waals surface area contributed by atoms with Crippen molar-refractivity contribution in [1.82, 2.24) is 5.43 Å². The Balaban J connectivity index is 1.68. The summed E-state index contributed by atoms with van der Waals surface area (Å²) < 4.78 is 5.57. The molecule has 0 saturated heterocycles. The molecule has 0 fully saturated rings. The fourth-order valence-corrected chi connectivity index (χ4v) is 2.55. The van der Waals surface area contributed by atoms with Crippen molar-refractivity contribution >= 4 is 22.9 Å². The summed E-state index contributed by atoms with van der Waals surface area (Å²) in [6, 6.07) is 21.1. The Kier molecular flexibility index (Phi) is 5.09. The number of benzene rings is 3. The normalized spacial score (nSPS) is 11.2. The molecule has 3 aromatic rings. The van der Waals surface area contributed by atoms with Gasteiger partial charge < -0.3 is 4.74 Å². The summed E-state index contributed by atoms with van der Waals surface area (Å²) in [4.78, 5) is 12.2. The third kappa shape index (κ3) is 4.23. The Morgan fingerprint density at radius 2 is 1.72 bits per heavy atom. The zero-order chi connectivity index (χ0) is 17.6. The summed E-state index contributed by atoms with van der Waals surface area (Å²) in [5.41, 5.74) is 4.05. The highest BCUT2D eigenvalue weighted by Gasteiger charge is 2.05. The van der Waals surface area contributed by atoms with Gasteiger partial charge in [-0.15, -0.1) is 0 Å². The molecule has 0 unspecified atom stereocenters. The van der Waals surface area contributed by atoms with Crippen LogP contribution in [-0.4, -0.2) is 18.2 Å². The summed E-state index contributed by atoms with van der Waals surface area (Å²) in [5.74, 6) is 0.485. The molecule has 1 amide bonds. The number of carbonyl (C=O) groups is 1. The molecule has 0 bridgehead atoms. The van der Waals surface area contributed by atoms with E-state index in [-0.39, 0.29) is 12.0 Å². The standard InChI is InChI=1S/C21H20N2O2/c1-15(2)25-19-12-10-17(11-13-19)21(24)23-22-14-18-8-5-7-16-6-3-4-9-20(16)18/h3-15H,1-2H3,(H,23,24)/b22-14-. The van der Waals surface area contributed by atoms with E-state index in [2.05, 4.69) is 10.5 Å². The van der Waals surface area contributed by atoms with Crippen molar-refractivity contribution in [3.8, 4) is 5.75 Å². The SMILES string of the molecule is CC(C)Oc1ccc(C(=O)N/N=C\c2cccc3ccccc23)cc1. The topological polar surface area (TPSA) is 50.7 Å². The van der Waals surface area contributed by atoms with Gasteiger partial charge in [0.05, 0.1) is 12.3 Å². The van der Waals surface area contributed by atoms with Crippen molar-refractivity contribution in [2.24, 2.45) is 5.10 Å². The minimum Gasteiger partial charge on any atom is -0.491 e. The highest BCUT2D eigenvalue weighted by atomic mass is 16.5. The maximum atomic E-state index is 12.2. The highest BCUT2D eigenvalue weighted by Crippen LogP contribution is 2.17. The van der Waals surface area contributed by atoms with E-state index < -0.39 is 0 Å². The van der Waals surface area contributed by atoms with Gasteiger partial charge in [-0.05, 0) is 48.9 Å². The third-order valence-electron chi connectivity index (χ3n) is 3.68. The molecule has 4 nitrogen and oxygen atoms in total. The molecule has 0 atom stereocenters. The van der Waals surface area contributed by atoms with E-state index in [0.29, 0.717) is 5.56 Å². The molecular weight excluding hydrogens is 312 g/mol. The number of hydrogen-bond donors (Lipinski definition) is 1. The van der Waals surface area contributed by atoms with E-state index in [0.717, 1.165) is 22.1 Å². The maximum Gasteiger partial charge on any atom is 0.271 e. The van der Waals surface area contributed by atoms with E-state index >= 15 is 0 Å². The lowest BCUT2D eigenvalue weighted by molar-refractivity contribution is 0.0955. The second-order valence-corrected chi connectivity index (χ2v) is 5.96. The first kappa shape index (κ1) is 16.7. The van der Waals surface area contributed by atoms with Gasteiger partial charge in [0.25, 0.3) is 5.91 Å². The molecule has 126 valence electrons. The summed E-state index contributed by atoms with van der Waals surface area (Å²) >= 11 is 0. The van der Waals surface area contributed by atoms with Crippen LogP contribution in [0.4, 0.5) is 0 Å². The Labute approximate surface area is 147 Å². The number of hydrogen-bond acceptors (Lipinski definition) is 3. The lowest BCUT2D eigenvalue weighted by Crippen LogP contribution is -2.17. The fraction of sp³-hybridized carbons (Fsp3) is 0.143. The first-order valence-corrected chi connectivity index (χ1v) is 8.21. The van der Waals surface area contributed by atoms with Crippen LogP contribution in [0, 0.1) is 0 Å². The van der Waals surface area contributed by atoms with E-state index in [1.165, 1.54) is 0 Å². The fourth-order valence-electron chi connectivity index (χ4n) is 2.55. The van der Waals surface area contributed by atoms with Crippen molar-refractivity contribution in [2.75, 3.05) is 0 Å². The Bertz CT molecular complexity index is 894. The van der Waals surface area contributed by atoms with Gasteiger partial charge in [-0.25, -0.2) is 5.43 Å². The van der Waals surface area contributed by atoms with Gasteiger partial charge in [-0.1, -0.05) is 42.5 Å². The average Bonchev–Trinajstić information content (AvgIpc) is 2.62. The van der Waals surface area contributed by atoms with Crippen LogP contribution < -0.4 is 10.2 Å². The molecule has 0 spiro atoms. The molecule has 0 aliphatic carbocycles. The lowest BCUT2D eigenvalue weighted by atomic mass is 10.1. The van der Waals surface area contributed by atoms with Crippen LogP contribution in [0.3, 0.4) is 0 Å². The summed E-state index contributed by atoms with van der Waals surface area (Å²) in [6.07, 6.45) is 1.76. The lowest BCUT2D eigenvalue weighted by Gasteiger charge is -2.09. The van der Waals surface area contributed by atoms with Crippen molar-refractivity contribution in [2.45, 2.75) is 20.0 Å². The number of fused-ring (bicyclic) bond motifs is 1. The van der Waals surface area contributed by atoms with Crippen molar-refractivity contribution in [3.63, 3.8) is 0 Å². The van der Waals surface area contributed by atoms with Crippen LogP contribution in [0.2, 0.25) is 0 Å². The predicted octanol–water partition coefficient (Wildman–Crippen LogP) is 4.39. The number of rotatable bonds is 5. The second-order valence-electron chi connectivity index (χ2n) is 5.96. The quantitative estimate of drug-likeness (QED) is 0.556. The molecule has 0 radical (unpaired) electrons. The largest absolute Gasteiger partial charge is 0.491 e.